The molecule has 2 fully saturated rings. The number of carbonyl (C=O) groups is 1. The van der Waals surface area contributed by atoms with Crippen LogP contribution in [0.2, 0.25) is 0 Å². The Kier molecular flexibility index (Phi) is 2.75. The fraction of sp³-hybridized carbons (Fsp3) is 0.533. The Bertz CT molecular complexity index is 698. The Balaban J connectivity index is 1.71. The minimum absolute atomic E-state index is 0.0109. The number of H-pyrrole nitrogens is 1. The zero-order chi connectivity index (χ0) is 14.4. The van der Waals surface area contributed by atoms with Gasteiger partial charge in [0.25, 0.3) is 5.91 Å². The third-order valence-electron chi connectivity index (χ3n) is 5.24. The van der Waals surface area contributed by atoms with Crippen LogP contribution in [0.15, 0.2) is 18.2 Å². The average molecular weight is 286 g/mol. The molecule has 2 aromatic rings. The maximum atomic E-state index is 12.9. The molecule has 2 aliphatic rings. The summed E-state index contributed by atoms with van der Waals surface area (Å²) in [6.07, 6.45) is 3.99. The number of carbonyl (C=O) groups excluding carboxylic acids is 1. The Hall–Kier alpha value is -1.95. The maximum absolute atomic E-state index is 12.9. The van der Waals surface area contributed by atoms with Crippen LogP contribution in [0.4, 0.5) is 0 Å². The molecule has 21 heavy (non-hydrogen) atoms. The highest BCUT2D eigenvalue weighted by Crippen LogP contribution is 2.48. The van der Waals surface area contributed by atoms with Crippen LogP contribution in [0.3, 0.4) is 0 Å². The number of aliphatic hydroxyl groups excluding tert-OH is 1. The van der Waals surface area contributed by atoms with Crippen molar-refractivity contribution in [2.24, 2.45) is 5.41 Å². The fourth-order valence-corrected chi connectivity index (χ4v) is 4.10. The lowest BCUT2D eigenvalue weighted by molar-refractivity contribution is 0.0626. The van der Waals surface area contributed by atoms with Crippen molar-refractivity contribution >= 4 is 16.9 Å². The zero-order valence-electron chi connectivity index (χ0n) is 11.7. The summed E-state index contributed by atoms with van der Waals surface area (Å²) in [6.45, 7) is 0.897. The van der Waals surface area contributed by atoms with Crippen molar-refractivity contribution in [2.75, 3.05) is 13.2 Å². The van der Waals surface area contributed by atoms with Crippen LogP contribution in [-0.2, 0) is 0 Å². The SMILES string of the molecule is O=C(c1cccc2n[nH]nc12)N1CC[C@@]2(CO)CCC[C@@H]12. The second-order valence-corrected chi connectivity index (χ2v) is 6.17. The number of hydrogen-bond acceptors (Lipinski definition) is 4. The van der Waals surface area contributed by atoms with Crippen LogP contribution in [0.5, 0.6) is 0 Å². The quantitative estimate of drug-likeness (QED) is 0.872. The predicted molar refractivity (Wildman–Crippen MR) is 76.7 cm³/mol. The summed E-state index contributed by atoms with van der Waals surface area (Å²) in [6, 6.07) is 5.65. The molecule has 0 unspecified atom stereocenters. The van der Waals surface area contributed by atoms with Gasteiger partial charge in [-0.3, -0.25) is 4.79 Å². The molecular formula is C15H18N4O2. The van der Waals surface area contributed by atoms with Gasteiger partial charge in [0.05, 0.1) is 12.2 Å². The Labute approximate surface area is 122 Å². The third-order valence-corrected chi connectivity index (χ3v) is 5.24. The summed E-state index contributed by atoms with van der Waals surface area (Å²) < 4.78 is 0. The van der Waals surface area contributed by atoms with Gasteiger partial charge in [-0.2, -0.15) is 15.4 Å². The molecule has 6 nitrogen and oxygen atoms in total. The van der Waals surface area contributed by atoms with Gasteiger partial charge in [0.15, 0.2) is 0 Å². The third kappa shape index (κ3) is 1.72. The monoisotopic (exact) mass is 286 g/mol. The molecule has 1 amide bonds. The molecule has 2 atom stereocenters. The topological polar surface area (TPSA) is 82.1 Å². The summed E-state index contributed by atoms with van der Waals surface area (Å²) in [5.41, 5.74) is 1.86. The van der Waals surface area contributed by atoms with E-state index < -0.39 is 0 Å². The molecular weight excluding hydrogens is 268 g/mol. The molecule has 0 spiro atoms. The molecule has 2 N–H and O–H groups in total. The predicted octanol–water partition coefficient (Wildman–Crippen LogP) is 1.33. The molecule has 1 aliphatic carbocycles. The summed E-state index contributed by atoms with van der Waals surface area (Å²) in [7, 11) is 0. The van der Waals surface area contributed by atoms with E-state index in [1.807, 2.05) is 17.0 Å². The molecule has 0 bridgehead atoms. The first-order valence-electron chi connectivity index (χ1n) is 7.46. The van der Waals surface area contributed by atoms with Crippen molar-refractivity contribution < 1.29 is 9.90 Å². The number of fused-ring (bicyclic) bond motifs is 2. The van der Waals surface area contributed by atoms with Gasteiger partial charge in [-0.25, -0.2) is 0 Å². The van der Waals surface area contributed by atoms with E-state index in [1.54, 1.807) is 6.07 Å². The Morgan fingerprint density at radius 2 is 2.33 bits per heavy atom. The first-order chi connectivity index (χ1) is 10.2. The van der Waals surface area contributed by atoms with Crippen LogP contribution in [0.25, 0.3) is 11.0 Å². The second kappa shape index (κ2) is 4.53. The van der Waals surface area contributed by atoms with E-state index in [2.05, 4.69) is 15.4 Å². The highest BCUT2D eigenvalue weighted by atomic mass is 16.3. The molecule has 1 aliphatic heterocycles. The van der Waals surface area contributed by atoms with Gasteiger partial charge in [0.1, 0.15) is 11.0 Å². The van der Waals surface area contributed by atoms with E-state index in [-0.39, 0.29) is 24.0 Å². The van der Waals surface area contributed by atoms with E-state index in [9.17, 15) is 9.90 Å². The highest BCUT2D eigenvalue weighted by molar-refractivity contribution is 6.04. The minimum Gasteiger partial charge on any atom is -0.396 e. The van der Waals surface area contributed by atoms with Crippen LogP contribution >= 0.6 is 0 Å². The number of aromatic amines is 1. The number of nitrogens with one attached hydrogen (secondary N) is 1. The minimum atomic E-state index is -0.0760. The average Bonchev–Trinajstić information content (AvgIpc) is 3.20. The lowest BCUT2D eigenvalue weighted by atomic mass is 9.83. The van der Waals surface area contributed by atoms with Crippen molar-refractivity contribution in [3.63, 3.8) is 0 Å². The lowest BCUT2D eigenvalue weighted by Gasteiger charge is -2.30. The van der Waals surface area contributed by atoms with E-state index in [0.717, 1.165) is 32.2 Å². The number of hydrogen-bond donors (Lipinski definition) is 2. The van der Waals surface area contributed by atoms with Crippen LogP contribution < -0.4 is 0 Å². The first-order valence-corrected chi connectivity index (χ1v) is 7.46. The summed E-state index contributed by atoms with van der Waals surface area (Å²) in [5.74, 6) is 0.0109. The van der Waals surface area contributed by atoms with Gasteiger partial charge in [-0.1, -0.05) is 12.5 Å². The van der Waals surface area contributed by atoms with Crippen molar-refractivity contribution in [2.45, 2.75) is 31.7 Å². The van der Waals surface area contributed by atoms with Gasteiger partial charge < -0.3 is 10.0 Å². The molecule has 0 radical (unpaired) electrons. The van der Waals surface area contributed by atoms with Crippen LogP contribution in [-0.4, -0.2) is 50.5 Å². The van der Waals surface area contributed by atoms with Crippen molar-refractivity contribution in [3.05, 3.63) is 23.8 Å². The lowest BCUT2D eigenvalue weighted by Crippen LogP contribution is -2.41. The van der Waals surface area contributed by atoms with Crippen molar-refractivity contribution in [1.82, 2.24) is 20.3 Å². The summed E-state index contributed by atoms with van der Waals surface area (Å²) in [4.78, 5) is 14.9. The van der Waals surface area contributed by atoms with Crippen LogP contribution in [0.1, 0.15) is 36.0 Å². The van der Waals surface area contributed by atoms with E-state index >= 15 is 0 Å². The molecule has 1 saturated carbocycles. The Morgan fingerprint density at radius 1 is 1.43 bits per heavy atom. The molecule has 1 aromatic heterocycles. The number of aromatic nitrogens is 3. The molecule has 1 aromatic carbocycles. The second-order valence-electron chi connectivity index (χ2n) is 6.17. The first kappa shape index (κ1) is 12.8. The van der Waals surface area contributed by atoms with E-state index in [4.69, 9.17) is 0 Å². The van der Waals surface area contributed by atoms with E-state index in [0.29, 0.717) is 16.6 Å². The Morgan fingerprint density at radius 3 is 3.19 bits per heavy atom. The highest BCUT2D eigenvalue weighted by Gasteiger charge is 2.51. The normalized spacial score (nSPS) is 28.2. The number of aliphatic hydroxyl groups is 1. The van der Waals surface area contributed by atoms with Gasteiger partial charge in [-0.15, -0.1) is 0 Å². The smallest absolute Gasteiger partial charge is 0.256 e. The number of benzene rings is 1. The number of para-hydroxylation sites is 1. The number of likely N-dealkylation sites (tertiary alicyclic amines) is 1. The molecule has 2 heterocycles. The van der Waals surface area contributed by atoms with Crippen molar-refractivity contribution in [3.8, 4) is 0 Å². The molecule has 4 rings (SSSR count). The molecule has 6 heteroatoms. The van der Waals surface area contributed by atoms with Crippen LogP contribution in [0, 0.1) is 5.41 Å². The molecule has 110 valence electrons. The largest absolute Gasteiger partial charge is 0.396 e. The zero-order valence-corrected chi connectivity index (χ0v) is 11.7. The summed E-state index contributed by atoms with van der Waals surface area (Å²) in [5, 5.41) is 20.5. The van der Waals surface area contributed by atoms with Gasteiger partial charge in [-0.05, 0) is 31.4 Å². The number of nitrogens with zero attached hydrogens (tertiary/aromatic N) is 3. The van der Waals surface area contributed by atoms with Gasteiger partial charge >= 0.3 is 0 Å². The van der Waals surface area contributed by atoms with Gasteiger partial charge in [0.2, 0.25) is 0 Å². The summed E-state index contributed by atoms with van der Waals surface area (Å²) >= 11 is 0. The number of rotatable bonds is 2. The van der Waals surface area contributed by atoms with E-state index in [1.165, 1.54) is 0 Å². The number of amides is 1. The maximum Gasteiger partial charge on any atom is 0.256 e. The fourth-order valence-electron chi connectivity index (χ4n) is 4.10. The van der Waals surface area contributed by atoms with Crippen molar-refractivity contribution in [1.29, 1.82) is 0 Å². The molecule has 1 saturated heterocycles. The standard InChI is InChI=1S/C15H18N4O2/c20-9-15-6-2-5-12(15)19(8-7-15)14(21)10-3-1-4-11-13(10)17-18-16-11/h1,3-4,12,20H,2,5-9H2,(H,16,17,18)/t12-,15-/m1/s1. The van der Waals surface area contributed by atoms with Gasteiger partial charge in [0, 0.05) is 18.0 Å².